The standard InChI is InChI=1S/C13H24N2O2/c1-2-14-7-5-12(6-8-14)15-9-3-11(4-10-15)13(16)17/h11-12H,2-10H2,1H3,(H,16,17). The van der Waals surface area contributed by atoms with E-state index < -0.39 is 5.97 Å². The molecule has 4 heteroatoms. The minimum atomic E-state index is -0.606. The molecule has 2 aliphatic heterocycles. The summed E-state index contributed by atoms with van der Waals surface area (Å²) >= 11 is 0. The molecule has 2 fully saturated rings. The molecule has 2 rings (SSSR count). The first-order valence-corrected chi connectivity index (χ1v) is 6.90. The van der Waals surface area contributed by atoms with Crippen molar-refractivity contribution in [3.8, 4) is 0 Å². The van der Waals surface area contributed by atoms with Crippen LogP contribution in [0.25, 0.3) is 0 Å². The van der Waals surface area contributed by atoms with Gasteiger partial charge in [-0.3, -0.25) is 4.79 Å². The molecule has 4 nitrogen and oxygen atoms in total. The van der Waals surface area contributed by atoms with Gasteiger partial charge >= 0.3 is 5.97 Å². The summed E-state index contributed by atoms with van der Waals surface area (Å²) in [5.74, 6) is -0.701. The van der Waals surface area contributed by atoms with Gasteiger partial charge in [-0.25, -0.2) is 0 Å². The van der Waals surface area contributed by atoms with Crippen LogP contribution < -0.4 is 0 Å². The van der Waals surface area contributed by atoms with Gasteiger partial charge in [0, 0.05) is 6.04 Å². The van der Waals surface area contributed by atoms with E-state index in [0.717, 1.165) is 32.5 Å². The zero-order valence-electron chi connectivity index (χ0n) is 10.8. The number of rotatable bonds is 3. The summed E-state index contributed by atoms with van der Waals surface area (Å²) in [6, 6.07) is 0.701. The van der Waals surface area contributed by atoms with Gasteiger partial charge in [-0.05, 0) is 58.4 Å². The smallest absolute Gasteiger partial charge is 0.306 e. The summed E-state index contributed by atoms with van der Waals surface area (Å²) in [4.78, 5) is 15.9. The third-order valence-electron chi connectivity index (χ3n) is 4.40. The van der Waals surface area contributed by atoms with Crippen molar-refractivity contribution in [2.75, 3.05) is 32.7 Å². The number of piperidine rings is 2. The first-order valence-electron chi connectivity index (χ1n) is 6.90. The fraction of sp³-hybridized carbons (Fsp3) is 0.923. The molecule has 0 aromatic heterocycles. The minimum Gasteiger partial charge on any atom is -0.481 e. The van der Waals surface area contributed by atoms with Gasteiger partial charge < -0.3 is 14.9 Å². The van der Waals surface area contributed by atoms with Crippen LogP contribution in [0.2, 0.25) is 0 Å². The predicted octanol–water partition coefficient (Wildman–Crippen LogP) is 1.27. The van der Waals surface area contributed by atoms with Crippen LogP contribution in [0, 0.1) is 5.92 Å². The van der Waals surface area contributed by atoms with E-state index >= 15 is 0 Å². The maximum absolute atomic E-state index is 10.9. The Labute approximate surface area is 104 Å². The summed E-state index contributed by atoms with van der Waals surface area (Å²) in [7, 11) is 0. The fourth-order valence-electron chi connectivity index (χ4n) is 3.11. The van der Waals surface area contributed by atoms with Crippen molar-refractivity contribution >= 4 is 5.97 Å². The number of aliphatic carboxylic acids is 1. The second-order valence-electron chi connectivity index (χ2n) is 5.31. The van der Waals surface area contributed by atoms with Crippen molar-refractivity contribution in [1.29, 1.82) is 0 Å². The molecule has 0 spiro atoms. The van der Waals surface area contributed by atoms with E-state index in [0.29, 0.717) is 6.04 Å². The Bertz CT molecular complexity index is 254. The highest BCUT2D eigenvalue weighted by molar-refractivity contribution is 5.70. The molecule has 2 saturated heterocycles. The second-order valence-corrected chi connectivity index (χ2v) is 5.31. The molecule has 0 saturated carbocycles. The highest BCUT2D eigenvalue weighted by atomic mass is 16.4. The van der Waals surface area contributed by atoms with Crippen molar-refractivity contribution in [2.45, 2.75) is 38.6 Å². The third-order valence-corrected chi connectivity index (χ3v) is 4.40. The van der Waals surface area contributed by atoms with E-state index in [1.165, 1.54) is 25.9 Å². The van der Waals surface area contributed by atoms with Gasteiger partial charge in [0.15, 0.2) is 0 Å². The van der Waals surface area contributed by atoms with Gasteiger partial charge in [0.1, 0.15) is 0 Å². The molecule has 0 aromatic carbocycles. The number of likely N-dealkylation sites (tertiary alicyclic amines) is 2. The van der Waals surface area contributed by atoms with Crippen molar-refractivity contribution in [2.24, 2.45) is 5.92 Å². The Morgan fingerprint density at radius 2 is 1.71 bits per heavy atom. The largest absolute Gasteiger partial charge is 0.481 e. The normalized spacial score (nSPS) is 26.2. The number of carboxylic acids is 1. The number of carbonyl (C=O) groups is 1. The second kappa shape index (κ2) is 5.83. The maximum Gasteiger partial charge on any atom is 0.306 e. The van der Waals surface area contributed by atoms with Crippen LogP contribution in [0.5, 0.6) is 0 Å². The van der Waals surface area contributed by atoms with E-state index in [4.69, 9.17) is 5.11 Å². The lowest BCUT2D eigenvalue weighted by Crippen LogP contribution is -2.48. The molecule has 17 heavy (non-hydrogen) atoms. The van der Waals surface area contributed by atoms with Crippen molar-refractivity contribution in [1.82, 2.24) is 9.80 Å². The Balaban J connectivity index is 1.76. The van der Waals surface area contributed by atoms with Crippen LogP contribution in [0.3, 0.4) is 0 Å². The van der Waals surface area contributed by atoms with E-state index in [9.17, 15) is 4.79 Å². The van der Waals surface area contributed by atoms with Gasteiger partial charge in [-0.1, -0.05) is 6.92 Å². The Morgan fingerprint density at radius 3 is 2.18 bits per heavy atom. The van der Waals surface area contributed by atoms with Crippen molar-refractivity contribution in [3.63, 3.8) is 0 Å². The molecule has 0 amide bonds. The molecule has 98 valence electrons. The predicted molar refractivity (Wildman–Crippen MR) is 67.1 cm³/mol. The molecular weight excluding hydrogens is 216 g/mol. The molecule has 0 unspecified atom stereocenters. The van der Waals surface area contributed by atoms with Crippen LogP contribution >= 0.6 is 0 Å². The number of carboxylic acid groups (broad SMARTS) is 1. The first kappa shape index (κ1) is 12.8. The summed E-state index contributed by atoms with van der Waals surface area (Å²) in [5, 5.41) is 8.98. The lowest BCUT2D eigenvalue weighted by molar-refractivity contribution is -0.143. The van der Waals surface area contributed by atoms with E-state index in [1.807, 2.05) is 0 Å². The third kappa shape index (κ3) is 3.19. The Hall–Kier alpha value is -0.610. The molecule has 2 heterocycles. The summed E-state index contributed by atoms with van der Waals surface area (Å²) in [5.41, 5.74) is 0. The van der Waals surface area contributed by atoms with E-state index in [2.05, 4.69) is 16.7 Å². The molecule has 0 bridgehead atoms. The average Bonchev–Trinajstić information content (AvgIpc) is 2.39. The van der Waals surface area contributed by atoms with E-state index in [-0.39, 0.29) is 5.92 Å². The molecule has 1 N–H and O–H groups in total. The number of hydrogen-bond acceptors (Lipinski definition) is 3. The molecular formula is C13H24N2O2. The van der Waals surface area contributed by atoms with Crippen LogP contribution in [0.1, 0.15) is 32.6 Å². The molecule has 2 aliphatic rings. The highest BCUT2D eigenvalue weighted by Gasteiger charge is 2.30. The average molecular weight is 240 g/mol. The van der Waals surface area contributed by atoms with Gasteiger partial charge in [0.2, 0.25) is 0 Å². The molecule has 0 aromatic rings. The SMILES string of the molecule is CCN1CCC(N2CCC(C(=O)O)CC2)CC1. The summed E-state index contributed by atoms with van der Waals surface area (Å²) in [6.07, 6.45) is 4.18. The van der Waals surface area contributed by atoms with Gasteiger partial charge in [-0.2, -0.15) is 0 Å². The van der Waals surface area contributed by atoms with Crippen molar-refractivity contribution in [3.05, 3.63) is 0 Å². The zero-order valence-corrected chi connectivity index (χ0v) is 10.8. The lowest BCUT2D eigenvalue weighted by atomic mass is 9.93. The van der Waals surface area contributed by atoms with Crippen LogP contribution in [0.4, 0.5) is 0 Å². The Kier molecular flexibility index (Phi) is 4.40. The van der Waals surface area contributed by atoms with Crippen LogP contribution in [-0.4, -0.2) is 59.6 Å². The maximum atomic E-state index is 10.9. The number of hydrogen-bond donors (Lipinski definition) is 1. The minimum absolute atomic E-state index is 0.0954. The topological polar surface area (TPSA) is 43.8 Å². The zero-order chi connectivity index (χ0) is 12.3. The molecule has 0 atom stereocenters. The highest BCUT2D eigenvalue weighted by Crippen LogP contribution is 2.23. The quantitative estimate of drug-likeness (QED) is 0.807. The summed E-state index contributed by atoms with van der Waals surface area (Å²) < 4.78 is 0. The monoisotopic (exact) mass is 240 g/mol. The van der Waals surface area contributed by atoms with Gasteiger partial charge in [0.05, 0.1) is 5.92 Å². The molecule has 0 radical (unpaired) electrons. The fourth-order valence-corrected chi connectivity index (χ4v) is 3.11. The van der Waals surface area contributed by atoms with Gasteiger partial charge in [0.25, 0.3) is 0 Å². The van der Waals surface area contributed by atoms with Gasteiger partial charge in [-0.15, -0.1) is 0 Å². The molecule has 0 aliphatic carbocycles. The number of nitrogens with zero attached hydrogens (tertiary/aromatic N) is 2. The van der Waals surface area contributed by atoms with E-state index in [1.54, 1.807) is 0 Å². The lowest BCUT2D eigenvalue weighted by Gasteiger charge is -2.41. The Morgan fingerprint density at radius 1 is 1.12 bits per heavy atom. The van der Waals surface area contributed by atoms with Crippen molar-refractivity contribution < 1.29 is 9.90 Å². The van der Waals surface area contributed by atoms with Crippen LogP contribution in [0.15, 0.2) is 0 Å². The van der Waals surface area contributed by atoms with Crippen LogP contribution in [-0.2, 0) is 4.79 Å². The summed E-state index contributed by atoms with van der Waals surface area (Å²) in [6.45, 7) is 7.76. The first-order chi connectivity index (χ1) is 8.20.